The van der Waals surface area contributed by atoms with Crippen LogP contribution < -0.4 is 20.9 Å². The quantitative estimate of drug-likeness (QED) is 0.472. The highest BCUT2D eigenvalue weighted by Gasteiger charge is 2.24. The van der Waals surface area contributed by atoms with Gasteiger partial charge in [0.2, 0.25) is 5.95 Å². The molecule has 0 spiro atoms. The molecule has 0 amide bonds. The minimum atomic E-state index is -0.267. The smallest absolute Gasteiger partial charge is 0.277 e. The molecule has 0 aliphatic carbocycles. The predicted molar refractivity (Wildman–Crippen MR) is 124 cm³/mol. The number of carbonyl (C=O) groups excluding carboxylic acids is 1. The summed E-state index contributed by atoms with van der Waals surface area (Å²) in [4.78, 5) is 33.1. The lowest BCUT2D eigenvalue weighted by Crippen LogP contribution is -2.44. The van der Waals surface area contributed by atoms with Gasteiger partial charge in [0.15, 0.2) is 5.78 Å². The molecule has 8 nitrogen and oxygen atoms in total. The number of fused-ring (bicyclic) bond motifs is 1. The van der Waals surface area contributed by atoms with Gasteiger partial charge in [-0.05, 0) is 38.0 Å². The fourth-order valence-corrected chi connectivity index (χ4v) is 4.07. The van der Waals surface area contributed by atoms with E-state index in [2.05, 4.69) is 16.7 Å². The van der Waals surface area contributed by atoms with Crippen LogP contribution in [0.4, 0.5) is 5.95 Å². The van der Waals surface area contributed by atoms with Gasteiger partial charge < -0.3 is 19.9 Å². The van der Waals surface area contributed by atoms with Crippen molar-refractivity contribution in [3.05, 3.63) is 52.4 Å². The number of methoxy groups -OCH3 is 1. The van der Waals surface area contributed by atoms with Crippen LogP contribution in [0.15, 0.2) is 41.3 Å². The largest absolute Gasteiger partial charge is 0.497 e. The number of imidazole rings is 1. The third-order valence-corrected chi connectivity index (χ3v) is 5.71. The van der Waals surface area contributed by atoms with Crippen LogP contribution in [-0.2, 0) is 13.1 Å². The zero-order valence-corrected chi connectivity index (χ0v) is 18.4. The summed E-state index contributed by atoms with van der Waals surface area (Å²) >= 11 is 0. The fourth-order valence-electron chi connectivity index (χ4n) is 4.07. The van der Waals surface area contributed by atoms with Crippen molar-refractivity contribution < 1.29 is 9.53 Å². The number of hydrogen-bond acceptors (Lipinski definition) is 6. The Labute approximate surface area is 186 Å². The predicted octanol–water partition coefficient (Wildman–Crippen LogP) is 2.04. The lowest BCUT2D eigenvalue weighted by atomic mass is 10.1. The molecule has 1 fully saturated rings. The van der Waals surface area contributed by atoms with Crippen LogP contribution in [0.25, 0.3) is 11.0 Å². The zero-order valence-electron chi connectivity index (χ0n) is 18.4. The first-order valence-electron chi connectivity index (χ1n) is 10.7. The first kappa shape index (κ1) is 21.7. The van der Waals surface area contributed by atoms with Gasteiger partial charge in [0.25, 0.3) is 5.56 Å². The molecule has 2 aromatic heterocycles. The molecule has 0 radical (unpaired) electrons. The number of piperidine rings is 1. The van der Waals surface area contributed by atoms with Crippen molar-refractivity contribution in [2.24, 2.45) is 5.73 Å². The summed E-state index contributed by atoms with van der Waals surface area (Å²) in [5.74, 6) is 7.06. The van der Waals surface area contributed by atoms with Crippen LogP contribution in [0.1, 0.15) is 30.1 Å². The lowest BCUT2D eigenvalue weighted by Gasteiger charge is -2.31. The van der Waals surface area contributed by atoms with Crippen molar-refractivity contribution in [2.45, 2.75) is 38.9 Å². The van der Waals surface area contributed by atoms with Crippen LogP contribution in [0, 0.1) is 11.8 Å². The number of pyridine rings is 1. The number of anilines is 1. The van der Waals surface area contributed by atoms with E-state index in [4.69, 9.17) is 15.5 Å². The number of benzene rings is 1. The number of rotatable bonds is 6. The van der Waals surface area contributed by atoms with Gasteiger partial charge in [-0.3, -0.25) is 14.2 Å². The zero-order chi connectivity index (χ0) is 22.7. The first-order chi connectivity index (χ1) is 15.5. The Morgan fingerprint density at radius 3 is 2.94 bits per heavy atom. The topological polar surface area (TPSA) is 95.4 Å². The first-order valence-corrected chi connectivity index (χ1v) is 10.7. The Hall–Kier alpha value is -3.57. The summed E-state index contributed by atoms with van der Waals surface area (Å²) in [6, 6.07) is 8.77. The highest BCUT2D eigenvalue weighted by atomic mass is 16.5. The maximum absolute atomic E-state index is 13.4. The van der Waals surface area contributed by atoms with Gasteiger partial charge in [0.05, 0.1) is 25.7 Å². The fraction of sp³-hybridized carbons (Fsp3) is 0.375. The molecule has 1 aromatic carbocycles. The molecule has 0 bridgehead atoms. The summed E-state index contributed by atoms with van der Waals surface area (Å²) in [6.45, 7) is 3.55. The molecular weight excluding hydrogens is 406 g/mol. The number of nitrogens with two attached hydrogens (primary N) is 1. The van der Waals surface area contributed by atoms with Gasteiger partial charge in [0.1, 0.15) is 11.3 Å². The molecule has 1 aliphatic rings. The van der Waals surface area contributed by atoms with Gasteiger partial charge in [-0.15, -0.1) is 5.92 Å². The number of aromatic nitrogens is 3. The van der Waals surface area contributed by atoms with Crippen molar-refractivity contribution in [3.63, 3.8) is 0 Å². The van der Waals surface area contributed by atoms with Crippen LogP contribution in [-0.4, -0.2) is 46.1 Å². The molecule has 0 saturated carbocycles. The maximum Gasteiger partial charge on any atom is 0.277 e. The number of ketones is 1. The minimum Gasteiger partial charge on any atom is -0.497 e. The van der Waals surface area contributed by atoms with E-state index >= 15 is 0 Å². The average molecular weight is 434 g/mol. The van der Waals surface area contributed by atoms with E-state index in [1.165, 1.54) is 4.57 Å². The van der Waals surface area contributed by atoms with Crippen LogP contribution >= 0.6 is 0 Å². The number of ether oxygens (including phenoxy) is 1. The Morgan fingerprint density at radius 1 is 1.34 bits per heavy atom. The third kappa shape index (κ3) is 4.25. The molecule has 1 saturated heterocycles. The summed E-state index contributed by atoms with van der Waals surface area (Å²) in [5, 5.41) is 0. The van der Waals surface area contributed by atoms with Gasteiger partial charge in [-0.2, -0.15) is 0 Å². The molecule has 1 aliphatic heterocycles. The second-order valence-electron chi connectivity index (χ2n) is 7.91. The normalized spacial score (nSPS) is 16.0. The molecule has 2 N–H and O–H groups in total. The second-order valence-corrected chi connectivity index (χ2v) is 7.91. The number of carbonyl (C=O) groups is 1. The van der Waals surface area contributed by atoms with Crippen molar-refractivity contribution in [2.75, 3.05) is 25.1 Å². The minimum absolute atomic E-state index is 0.0729. The average Bonchev–Trinajstić information content (AvgIpc) is 3.18. The van der Waals surface area contributed by atoms with E-state index in [1.807, 2.05) is 4.57 Å². The Bertz CT molecular complexity index is 1260. The van der Waals surface area contributed by atoms with Crippen LogP contribution in [0.2, 0.25) is 0 Å². The standard InChI is InChI=1S/C24H27N5O3/c1-3-4-12-29-22-20(26-24(29)28-11-6-8-18(25)15-28)10-13-27(23(22)31)16-21(30)17-7-5-9-19(14-17)32-2/h5,7,9-10,13-14,18H,6,8,11-12,15-16,25H2,1-2H3. The van der Waals surface area contributed by atoms with Crippen molar-refractivity contribution >= 4 is 22.8 Å². The molecule has 3 aromatic rings. The molecule has 1 atom stereocenters. The maximum atomic E-state index is 13.4. The van der Waals surface area contributed by atoms with Crippen LogP contribution in [0.3, 0.4) is 0 Å². The summed E-state index contributed by atoms with van der Waals surface area (Å²) in [6.07, 6.45) is 3.57. The van der Waals surface area contributed by atoms with Crippen LogP contribution in [0.5, 0.6) is 5.75 Å². The molecule has 8 heteroatoms. The van der Waals surface area contributed by atoms with Crippen molar-refractivity contribution in [1.82, 2.24) is 14.1 Å². The number of Topliss-reactive ketones (excluding diaryl/α,β-unsaturated/α-hetero) is 1. The molecule has 32 heavy (non-hydrogen) atoms. The monoisotopic (exact) mass is 433 g/mol. The highest BCUT2D eigenvalue weighted by Crippen LogP contribution is 2.23. The number of nitrogens with zero attached hydrogens (tertiary/aromatic N) is 4. The van der Waals surface area contributed by atoms with E-state index < -0.39 is 0 Å². The molecule has 3 heterocycles. The van der Waals surface area contributed by atoms with E-state index in [0.29, 0.717) is 41.4 Å². The summed E-state index contributed by atoms with van der Waals surface area (Å²) in [7, 11) is 1.55. The van der Waals surface area contributed by atoms with Gasteiger partial charge >= 0.3 is 0 Å². The van der Waals surface area contributed by atoms with Crippen molar-refractivity contribution in [3.8, 4) is 17.6 Å². The Morgan fingerprint density at radius 2 is 2.19 bits per heavy atom. The number of hydrogen-bond donors (Lipinski definition) is 1. The molecule has 166 valence electrons. The summed E-state index contributed by atoms with van der Waals surface area (Å²) in [5.41, 5.74) is 7.43. The van der Waals surface area contributed by atoms with E-state index in [9.17, 15) is 9.59 Å². The second kappa shape index (κ2) is 9.28. The van der Waals surface area contributed by atoms with E-state index in [1.54, 1.807) is 50.6 Å². The van der Waals surface area contributed by atoms with Crippen molar-refractivity contribution in [1.29, 1.82) is 0 Å². The van der Waals surface area contributed by atoms with Gasteiger partial charge in [-0.25, -0.2) is 4.98 Å². The summed E-state index contributed by atoms with van der Waals surface area (Å²) < 4.78 is 8.47. The van der Waals surface area contributed by atoms with Gasteiger partial charge in [0, 0.05) is 30.9 Å². The third-order valence-electron chi connectivity index (χ3n) is 5.71. The highest BCUT2D eigenvalue weighted by molar-refractivity contribution is 5.96. The van der Waals surface area contributed by atoms with E-state index in [-0.39, 0.29) is 23.9 Å². The van der Waals surface area contributed by atoms with Gasteiger partial charge in [-0.1, -0.05) is 18.1 Å². The Balaban J connectivity index is 1.74. The lowest BCUT2D eigenvalue weighted by molar-refractivity contribution is 0.0970. The SMILES string of the molecule is CC#CCn1c(N2CCCC(N)C2)nc2ccn(CC(=O)c3cccc(OC)c3)c(=O)c21. The Kier molecular flexibility index (Phi) is 6.28. The van der Waals surface area contributed by atoms with E-state index in [0.717, 1.165) is 19.4 Å². The molecule has 1 unspecified atom stereocenters. The molecule has 4 rings (SSSR count). The molecular formula is C24H27N5O3.